The average molecular weight is 287 g/mol. The van der Waals surface area contributed by atoms with Crippen molar-refractivity contribution in [2.45, 2.75) is 26.2 Å². The molecule has 1 aromatic rings. The highest BCUT2D eigenvalue weighted by Gasteiger charge is 2.39. The quantitative estimate of drug-likeness (QED) is 0.904. The van der Waals surface area contributed by atoms with Gasteiger partial charge in [-0.3, -0.25) is 9.59 Å². The van der Waals surface area contributed by atoms with E-state index in [2.05, 4.69) is 12.1 Å². The lowest BCUT2D eigenvalue weighted by Gasteiger charge is -2.27. The third-order valence-corrected chi connectivity index (χ3v) is 4.94. The van der Waals surface area contributed by atoms with Gasteiger partial charge in [0.25, 0.3) is 0 Å². The van der Waals surface area contributed by atoms with Crippen LogP contribution < -0.4 is 0 Å². The Balaban J connectivity index is 1.69. The number of benzene rings is 1. The SMILES string of the molecule is CC1CN(C(=O)C2CCc3ccccc3C2)CC1C(=O)O. The Morgan fingerprint density at radius 1 is 1.19 bits per heavy atom. The van der Waals surface area contributed by atoms with Crippen LogP contribution in [0.1, 0.15) is 24.5 Å². The van der Waals surface area contributed by atoms with E-state index in [-0.39, 0.29) is 17.7 Å². The molecule has 1 aromatic carbocycles. The zero-order valence-electron chi connectivity index (χ0n) is 12.3. The first-order valence-corrected chi connectivity index (χ1v) is 7.64. The third kappa shape index (κ3) is 2.67. The monoisotopic (exact) mass is 287 g/mol. The molecule has 4 heteroatoms. The number of aryl methyl sites for hydroxylation is 1. The molecule has 112 valence electrons. The van der Waals surface area contributed by atoms with E-state index in [0.29, 0.717) is 13.1 Å². The zero-order chi connectivity index (χ0) is 15.0. The summed E-state index contributed by atoms with van der Waals surface area (Å²) in [5.74, 6) is -1.00. The Hall–Kier alpha value is -1.84. The van der Waals surface area contributed by atoms with Crippen molar-refractivity contribution in [1.29, 1.82) is 0 Å². The molecule has 3 rings (SSSR count). The standard InChI is InChI=1S/C17H21NO3/c1-11-9-18(10-15(11)17(20)21)16(19)14-7-6-12-4-2-3-5-13(12)8-14/h2-5,11,14-15H,6-10H2,1H3,(H,20,21). The van der Waals surface area contributed by atoms with E-state index in [9.17, 15) is 14.7 Å². The summed E-state index contributed by atoms with van der Waals surface area (Å²) in [6.45, 7) is 2.86. The molecule has 1 heterocycles. The van der Waals surface area contributed by atoms with Gasteiger partial charge >= 0.3 is 5.97 Å². The number of likely N-dealkylation sites (tertiary alicyclic amines) is 1. The molecular weight excluding hydrogens is 266 g/mol. The molecule has 1 fully saturated rings. The van der Waals surface area contributed by atoms with Crippen molar-refractivity contribution < 1.29 is 14.7 Å². The van der Waals surface area contributed by atoms with E-state index in [1.165, 1.54) is 11.1 Å². The predicted molar refractivity (Wildman–Crippen MR) is 78.8 cm³/mol. The summed E-state index contributed by atoms with van der Waals surface area (Å²) in [4.78, 5) is 25.6. The smallest absolute Gasteiger partial charge is 0.308 e. The number of carbonyl (C=O) groups is 2. The van der Waals surface area contributed by atoms with Crippen molar-refractivity contribution in [3.05, 3.63) is 35.4 Å². The Bertz CT molecular complexity index is 569. The highest BCUT2D eigenvalue weighted by atomic mass is 16.4. The zero-order valence-corrected chi connectivity index (χ0v) is 12.3. The molecule has 1 saturated heterocycles. The molecule has 3 atom stereocenters. The summed E-state index contributed by atoms with van der Waals surface area (Å²) in [5.41, 5.74) is 2.61. The first-order valence-electron chi connectivity index (χ1n) is 7.64. The molecule has 3 unspecified atom stereocenters. The summed E-state index contributed by atoms with van der Waals surface area (Å²) in [7, 11) is 0. The number of carboxylic acid groups (broad SMARTS) is 1. The number of nitrogens with zero attached hydrogens (tertiary/aromatic N) is 1. The number of hydrogen-bond acceptors (Lipinski definition) is 2. The summed E-state index contributed by atoms with van der Waals surface area (Å²) < 4.78 is 0. The van der Waals surface area contributed by atoms with E-state index in [0.717, 1.165) is 19.3 Å². The molecule has 1 aliphatic carbocycles. The average Bonchev–Trinajstić information content (AvgIpc) is 2.88. The Kier molecular flexibility index (Phi) is 3.70. The highest BCUT2D eigenvalue weighted by molar-refractivity contribution is 5.81. The van der Waals surface area contributed by atoms with E-state index >= 15 is 0 Å². The van der Waals surface area contributed by atoms with Crippen LogP contribution in [0.15, 0.2) is 24.3 Å². The molecule has 4 nitrogen and oxygen atoms in total. The minimum absolute atomic E-state index is 0.0136. The molecule has 0 saturated carbocycles. The number of fused-ring (bicyclic) bond motifs is 1. The largest absolute Gasteiger partial charge is 0.481 e. The van der Waals surface area contributed by atoms with Crippen LogP contribution in [-0.4, -0.2) is 35.0 Å². The molecule has 0 radical (unpaired) electrons. The van der Waals surface area contributed by atoms with Gasteiger partial charge in [-0.25, -0.2) is 0 Å². The van der Waals surface area contributed by atoms with Gasteiger partial charge in [0.1, 0.15) is 0 Å². The van der Waals surface area contributed by atoms with Crippen molar-refractivity contribution >= 4 is 11.9 Å². The van der Waals surface area contributed by atoms with Crippen LogP contribution in [0.4, 0.5) is 0 Å². The fourth-order valence-electron chi connectivity index (χ4n) is 3.63. The van der Waals surface area contributed by atoms with Crippen molar-refractivity contribution in [2.75, 3.05) is 13.1 Å². The Morgan fingerprint density at radius 3 is 2.57 bits per heavy atom. The minimum Gasteiger partial charge on any atom is -0.481 e. The van der Waals surface area contributed by atoms with Gasteiger partial charge in [-0.15, -0.1) is 0 Å². The second-order valence-corrected chi connectivity index (χ2v) is 6.37. The second kappa shape index (κ2) is 5.51. The van der Waals surface area contributed by atoms with Gasteiger partial charge in [0.2, 0.25) is 5.91 Å². The lowest BCUT2D eigenvalue weighted by Crippen LogP contribution is -2.37. The summed E-state index contributed by atoms with van der Waals surface area (Å²) in [6, 6.07) is 8.29. The van der Waals surface area contributed by atoms with Gasteiger partial charge in [0.05, 0.1) is 5.92 Å². The van der Waals surface area contributed by atoms with Gasteiger partial charge in [0, 0.05) is 19.0 Å². The van der Waals surface area contributed by atoms with E-state index in [4.69, 9.17) is 0 Å². The number of rotatable bonds is 2. The van der Waals surface area contributed by atoms with Gasteiger partial charge in [-0.1, -0.05) is 31.2 Å². The number of amides is 1. The molecule has 1 N–H and O–H groups in total. The van der Waals surface area contributed by atoms with Gasteiger partial charge in [-0.05, 0) is 36.3 Å². The van der Waals surface area contributed by atoms with Crippen molar-refractivity contribution in [3.8, 4) is 0 Å². The molecule has 21 heavy (non-hydrogen) atoms. The van der Waals surface area contributed by atoms with Crippen LogP contribution in [-0.2, 0) is 22.4 Å². The van der Waals surface area contributed by atoms with Crippen molar-refractivity contribution in [1.82, 2.24) is 4.90 Å². The van der Waals surface area contributed by atoms with Crippen LogP contribution in [0.25, 0.3) is 0 Å². The normalized spacial score (nSPS) is 28.2. The molecule has 0 aromatic heterocycles. The maximum Gasteiger partial charge on any atom is 0.308 e. The minimum atomic E-state index is -0.785. The molecule has 2 aliphatic rings. The van der Waals surface area contributed by atoms with Gasteiger partial charge < -0.3 is 10.0 Å². The lowest BCUT2D eigenvalue weighted by atomic mass is 9.83. The van der Waals surface area contributed by atoms with Crippen molar-refractivity contribution in [3.63, 3.8) is 0 Å². The van der Waals surface area contributed by atoms with Crippen molar-refractivity contribution in [2.24, 2.45) is 17.8 Å². The molecule has 0 bridgehead atoms. The lowest BCUT2D eigenvalue weighted by molar-refractivity contribution is -0.142. The Labute approximate surface area is 124 Å². The summed E-state index contributed by atoms with van der Waals surface area (Å²) in [5, 5.41) is 9.19. The van der Waals surface area contributed by atoms with Crippen LogP contribution in [0.5, 0.6) is 0 Å². The predicted octanol–water partition coefficient (Wildman–Crippen LogP) is 1.97. The van der Waals surface area contributed by atoms with Crippen LogP contribution in [0.2, 0.25) is 0 Å². The van der Waals surface area contributed by atoms with E-state index in [1.54, 1.807) is 4.90 Å². The highest BCUT2D eigenvalue weighted by Crippen LogP contribution is 2.30. The molecular formula is C17H21NO3. The number of hydrogen-bond donors (Lipinski definition) is 1. The fourth-order valence-corrected chi connectivity index (χ4v) is 3.63. The van der Waals surface area contributed by atoms with Gasteiger partial charge in [-0.2, -0.15) is 0 Å². The van der Waals surface area contributed by atoms with Gasteiger partial charge in [0.15, 0.2) is 0 Å². The molecule has 1 amide bonds. The molecule has 0 spiro atoms. The van der Waals surface area contributed by atoms with Crippen LogP contribution >= 0.6 is 0 Å². The fraction of sp³-hybridized carbons (Fsp3) is 0.529. The number of carboxylic acids is 1. The maximum atomic E-state index is 12.7. The first kappa shape index (κ1) is 14.1. The summed E-state index contributed by atoms with van der Waals surface area (Å²) in [6.07, 6.45) is 2.61. The first-order chi connectivity index (χ1) is 10.1. The van der Waals surface area contributed by atoms with E-state index in [1.807, 2.05) is 19.1 Å². The van der Waals surface area contributed by atoms with Crippen LogP contribution in [0.3, 0.4) is 0 Å². The molecule has 1 aliphatic heterocycles. The maximum absolute atomic E-state index is 12.7. The van der Waals surface area contributed by atoms with E-state index < -0.39 is 11.9 Å². The van der Waals surface area contributed by atoms with Crippen LogP contribution in [0, 0.1) is 17.8 Å². The second-order valence-electron chi connectivity index (χ2n) is 6.37. The number of aliphatic carboxylic acids is 1. The topological polar surface area (TPSA) is 57.6 Å². The third-order valence-electron chi connectivity index (χ3n) is 4.94. The number of carbonyl (C=O) groups excluding carboxylic acids is 1. The Morgan fingerprint density at radius 2 is 1.90 bits per heavy atom. The summed E-state index contributed by atoms with van der Waals surface area (Å²) >= 11 is 0.